The summed E-state index contributed by atoms with van der Waals surface area (Å²) >= 11 is 0. The molecule has 3 heterocycles. The van der Waals surface area contributed by atoms with Crippen molar-refractivity contribution in [3.63, 3.8) is 0 Å². The van der Waals surface area contributed by atoms with E-state index in [1.165, 1.54) is 0 Å². The average Bonchev–Trinajstić information content (AvgIpc) is 3.14. The second-order valence-corrected chi connectivity index (χ2v) is 7.34. The quantitative estimate of drug-likeness (QED) is 0.674. The zero-order valence-corrected chi connectivity index (χ0v) is 16.1. The molecule has 1 saturated heterocycles. The number of benzene rings is 1. The first-order valence-electron chi connectivity index (χ1n) is 9.54. The number of piperidine rings is 1. The summed E-state index contributed by atoms with van der Waals surface area (Å²) in [6.07, 6.45) is 3.89. The van der Waals surface area contributed by atoms with Crippen LogP contribution in [-0.4, -0.2) is 60.9 Å². The lowest BCUT2D eigenvalue weighted by molar-refractivity contribution is -0.133. The van der Waals surface area contributed by atoms with Crippen LogP contribution in [0, 0.1) is 0 Å². The molecule has 0 amide bonds. The third kappa shape index (κ3) is 3.64. The summed E-state index contributed by atoms with van der Waals surface area (Å²) < 4.78 is 16.7. The van der Waals surface area contributed by atoms with Crippen LogP contribution in [0.1, 0.15) is 25.6 Å². The number of rotatable bonds is 5. The van der Waals surface area contributed by atoms with Crippen LogP contribution < -0.4 is 0 Å². The van der Waals surface area contributed by atoms with Crippen LogP contribution in [0.3, 0.4) is 0 Å². The smallest absolute Gasteiger partial charge is 0.177 e. The van der Waals surface area contributed by atoms with Gasteiger partial charge in [-0.1, -0.05) is 24.3 Å². The second-order valence-electron chi connectivity index (χ2n) is 7.34. The van der Waals surface area contributed by atoms with Gasteiger partial charge in [-0.25, -0.2) is 14.4 Å². The Labute approximate surface area is 162 Å². The highest BCUT2D eigenvalue weighted by Crippen LogP contribution is 2.29. The number of hydrogen-bond donors (Lipinski definition) is 0. The fourth-order valence-corrected chi connectivity index (χ4v) is 3.59. The number of fused-ring (bicyclic) bond motifs is 1. The molecule has 2 aromatic heterocycles. The molecule has 1 aliphatic heterocycles. The Morgan fingerprint density at radius 2 is 2.07 bits per heavy atom. The van der Waals surface area contributed by atoms with Gasteiger partial charge in [0.1, 0.15) is 11.5 Å². The van der Waals surface area contributed by atoms with E-state index in [-0.39, 0.29) is 19.3 Å². The van der Waals surface area contributed by atoms with Gasteiger partial charge in [-0.2, -0.15) is 0 Å². The number of carbonyl (C=O) groups is 1. The molecule has 8 heteroatoms. The summed E-state index contributed by atoms with van der Waals surface area (Å²) in [7, 11) is 1.81. The normalized spacial score (nSPS) is 17.1. The molecule has 3 aromatic rings. The van der Waals surface area contributed by atoms with Crippen LogP contribution in [-0.2, 0) is 18.3 Å². The third-order valence-corrected chi connectivity index (χ3v) is 5.45. The lowest BCUT2D eigenvalue weighted by atomic mass is 9.87. The van der Waals surface area contributed by atoms with Gasteiger partial charge < -0.3 is 4.90 Å². The van der Waals surface area contributed by atoms with Crippen molar-refractivity contribution >= 4 is 16.7 Å². The Morgan fingerprint density at radius 3 is 2.75 bits per heavy atom. The number of hydrogen-bond acceptors (Lipinski definition) is 6. The summed E-state index contributed by atoms with van der Waals surface area (Å²) in [5.41, 5.74) is 0.553. The predicted octanol–water partition coefficient (Wildman–Crippen LogP) is 2.36. The lowest BCUT2D eigenvalue weighted by Crippen LogP contribution is -2.47. The standard InChI is InChI=1S/C20H23FN6O/c1-3-27-8-6-20(21,7-9-27)18(28)11-19-22-12-15-5-4-14(10-16(15)23-19)17-13-26(2)25-24-17/h4-5,10,12-13H,3,6-9,11H2,1-2H3. The van der Waals surface area contributed by atoms with Gasteiger partial charge in [-0.05, 0) is 12.6 Å². The number of ketones is 1. The molecule has 0 saturated carbocycles. The van der Waals surface area contributed by atoms with E-state index in [0.717, 1.165) is 23.2 Å². The maximum absolute atomic E-state index is 15.1. The molecule has 1 aliphatic rings. The largest absolute Gasteiger partial charge is 0.303 e. The molecular weight excluding hydrogens is 359 g/mol. The van der Waals surface area contributed by atoms with Crippen LogP contribution >= 0.6 is 0 Å². The molecule has 28 heavy (non-hydrogen) atoms. The Kier molecular flexibility index (Phi) is 4.89. The van der Waals surface area contributed by atoms with E-state index in [9.17, 15) is 4.79 Å². The lowest BCUT2D eigenvalue weighted by Gasteiger charge is -2.34. The van der Waals surface area contributed by atoms with Gasteiger partial charge >= 0.3 is 0 Å². The van der Waals surface area contributed by atoms with Gasteiger partial charge in [0.05, 0.1) is 18.1 Å². The number of alkyl halides is 1. The number of Topliss-reactive ketones (excluding diaryl/α,β-unsaturated/α-hetero) is 1. The van der Waals surface area contributed by atoms with Gasteiger partial charge in [0.25, 0.3) is 0 Å². The molecule has 0 radical (unpaired) electrons. The predicted molar refractivity (Wildman–Crippen MR) is 103 cm³/mol. The van der Waals surface area contributed by atoms with Crippen molar-refractivity contribution < 1.29 is 9.18 Å². The Hall–Kier alpha value is -2.74. The van der Waals surface area contributed by atoms with Gasteiger partial charge in [-0.3, -0.25) is 9.48 Å². The molecule has 0 aliphatic carbocycles. The first-order chi connectivity index (χ1) is 13.5. The number of aromatic nitrogens is 5. The van der Waals surface area contributed by atoms with E-state index in [1.54, 1.807) is 17.9 Å². The van der Waals surface area contributed by atoms with Crippen molar-refractivity contribution in [2.75, 3.05) is 19.6 Å². The fourth-order valence-electron chi connectivity index (χ4n) is 3.59. The molecule has 1 fully saturated rings. The van der Waals surface area contributed by atoms with Gasteiger partial charge in [0.15, 0.2) is 11.5 Å². The Bertz CT molecular complexity index is 1010. The zero-order valence-electron chi connectivity index (χ0n) is 16.1. The maximum Gasteiger partial charge on any atom is 0.177 e. The first-order valence-corrected chi connectivity index (χ1v) is 9.54. The minimum Gasteiger partial charge on any atom is -0.303 e. The molecule has 1 aromatic carbocycles. The van der Waals surface area contributed by atoms with Gasteiger partial charge in [0.2, 0.25) is 0 Å². The van der Waals surface area contributed by atoms with Crippen LogP contribution in [0.4, 0.5) is 4.39 Å². The van der Waals surface area contributed by atoms with Crippen LogP contribution in [0.25, 0.3) is 22.2 Å². The summed E-state index contributed by atoms with van der Waals surface area (Å²) in [5.74, 6) is -0.0728. The first kappa shape index (κ1) is 18.6. The average molecular weight is 382 g/mol. The summed E-state index contributed by atoms with van der Waals surface area (Å²) in [6, 6.07) is 5.72. The second kappa shape index (κ2) is 7.35. The van der Waals surface area contributed by atoms with E-state index in [2.05, 4.69) is 25.2 Å². The van der Waals surface area contributed by atoms with E-state index < -0.39 is 11.5 Å². The molecule has 0 bridgehead atoms. The van der Waals surface area contributed by atoms with Crippen molar-refractivity contribution in [1.82, 2.24) is 29.9 Å². The minimum absolute atomic E-state index is 0.0894. The summed E-state index contributed by atoms with van der Waals surface area (Å²) in [6.45, 7) is 4.15. The molecule has 0 atom stereocenters. The molecule has 0 spiro atoms. The number of likely N-dealkylation sites (tertiary alicyclic amines) is 1. The topological polar surface area (TPSA) is 76.8 Å². The third-order valence-electron chi connectivity index (χ3n) is 5.45. The highest BCUT2D eigenvalue weighted by Gasteiger charge is 2.41. The summed E-state index contributed by atoms with van der Waals surface area (Å²) in [5, 5.41) is 8.91. The van der Waals surface area contributed by atoms with Gasteiger partial charge in [-0.15, -0.1) is 5.10 Å². The summed E-state index contributed by atoms with van der Waals surface area (Å²) in [4.78, 5) is 23.5. The van der Waals surface area contributed by atoms with Crippen molar-refractivity contribution in [2.45, 2.75) is 31.9 Å². The molecular formula is C20H23FN6O. The molecule has 0 unspecified atom stereocenters. The van der Waals surface area contributed by atoms with Crippen molar-refractivity contribution in [3.8, 4) is 11.3 Å². The fraction of sp³-hybridized carbons (Fsp3) is 0.450. The number of nitrogens with zero attached hydrogens (tertiary/aromatic N) is 6. The number of halogens is 1. The minimum atomic E-state index is -1.77. The number of aryl methyl sites for hydroxylation is 1. The van der Waals surface area contributed by atoms with Gasteiger partial charge in [0, 0.05) is 50.1 Å². The molecule has 0 N–H and O–H groups in total. The van der Waals surface area contributed by atoms with Crippen molar-refractivity contribution in [3.05, 3.63) is 36.4 Å². The maximum atomic E-state index is 15.1. The highest BCUT2D eigenvalue weighted by atomic mass is 19.1. The van der Waals surface area contributed by atoms with E-state index in [4.69, 9.17) is 0 Å². The van der Waals surface area contributed by atoms with Crippen molar-refractivity contribution in [2.24, 2.45) is 7.05 Å². The van der Waals surface area contributed by atoms with E-state index in [1.807, 2.05) is 31.3 Å². The van der Waals surface area contributed by atoms with Crippen LogP contribution in [0.15, 0.2) is 30.6 Å². The van der Waals surface area contributed by atoms with E-state index in [0.29, 0.717) is 24.4 Å². The Morgan fingerprint density at radius 1 is 1.29 bits per heavy atom. The molecule has 146 valence electrons. The van der Waals surface area contributed by atoms with Crippen LogP contribution in [0.2, 0.25) is 0 Å². The monoisotopic (exact) mass is 382 g/mol. The van der Waals surface area contributed by atoms with Crippen molar-refractivity contribution in [1.29, 1.82) is 0 Å². The van der Waals surface area contributed by atoms with E-state index >= 15 is 4.39 Å². The highest BCUT2D eigenvalue weighted by molar-refractivity contribution is 5.89. The Balaban J connectivity index is 1.54. The molecule has 7 nitrogen and oxygen atoms in total. The molecule has 4 rings (SSSR count). The number of carbonyl (C=O) groups excluding carboxylic acids is 1. The van der Waals surface area contributed by atoms with Crippen LogP contribution in [0.5, 0.6) is 0 Å². The zero-order chi connectivity index (χ0) is 19.7. The SMILES string of the molecule is CCN1CCC(F)(C(=O)Cc2ncc3ccc(-c4cn(C)nn4)cc3n2)CC1.